The molecule has 0 aromatic heterocycles. The molecule has 4 rings (SSSR count). The van der Waals surface area contributed by atoms with Crippen LogP contribution in [0.5, 0.6) is 11.5 Å². The molecule has 0 spiro atoms. The van der Waals surface area contributed by atoms with E-state index in [0.29, 0.717) is 12.1 Å². The predicted molar refractivity (Wildman–Crippen MR) is 112 cm³/mol. The molecule has 2 aliphatic rings. The number of alkyl halides is 6. The molecule has 1 fully saturated rings. The second kappa shape index (κ2) is 8.80. The molecule has 9 nitrogen and oxygen atoms in total. The highest BCUT2D eigenvalue weighted by Crippen LogP contribution is 2.46. The van der Waals surface area contributed by atoms with Gasteiger partial charge in [-0.15, -0.1) is 0 Å². The molecule has 1 N–H and O–H groups in total. The Kier molecular flexibility index (Phi) is 6.22. The number of piperazine rings is 1. The van der Waals surface area contributed by atoms with Crippen molar-refractivity contribution in [3.63, 3.8) is 0 Å². The van der Waals surface area contributed by atoms with Gasteiger partial charge in [0.2, 0.25) is 0 Å². The second-order valence-electron chi connectivity index (χ2n) is 7.77. The number of nitrogens with one attached hydrogen (secondary N) is 1. The summed E-state index contributed by atoms with van der Waals surface area (Å²) in [7, 11) is 0. The first-order valence-corrected chi connectivity index (χ1v) is 10.5. The Morgan fingerprint density at radius 1 is 1.00 bits per heavy atom. The first kappa shape index (κ1) is 25.5. The number of anilines is 1. The van der Waals surface area contributed by atoms with Crippen LogP contribution >= 0.6 is 11.6 Å². The van der Waals surface area contributed by atoms with Gasteiger partial charge < -0.3 is 19.3 Å². The minimum Gasteiger partial charge on any atom is -0.424 e. The second-order valence-corrected chi connectivity index (χ2v) is 8.21. The lowest BCUT2D eigenvalue weighted by atomic mass is 10.1. The molecule has 0 saturated carbocycles. The SMILES string of the molecule is O=C(N[C@]1(C(F)(F)F)Oc2ccc(Cl)cc2O1)N1CCN(c2ccc(C(F)(F)F)cc2[N+](=O)[O-])CC1. The fourth-order valence-corrected chi connectivity index (χ4v) is 3.86. The number of halogens is 7. The van der Waals surface area contributed by atoms with Gasteiger partial charge in [0.1, 0.15) is 5.69 Å². The highest BCUT2D eigenvalue weighted by molar-refractivity contribution is 6.30. The van der Waals surface area contributed by atoms with Crippen LogP contribution in [0.2, 0.25) is 5.02 Å². The summed E-state index contributed by atoms with van der Waals surface area (Å²) in [6, 6.07) is 4.34. The number of nitro benzene ring substituents is 1. The molecule has 16 heteroatoms. The standard InChI is InChI=1S/C20H15ClF6N4O5/c21-12-2-4-15-16(10-12)36-20(35-15,19(25,26)27)28-17(32)30-7-5-29(6-8-30)13-3-1-11(18(22,23)24)9-14(13)31(33)34/h1-4,9-10H,5-8H2,(H,28,32)/t20-/m1/s1. The van der Waals surface area contributed by atoms with Crippen LogP contribution in [0, 0.1) is 10.1 Å². The van der Waals surface area contributed by atoms with Crippen molar-refractivity contribution >= 4 is 29.0 Å². The smallest absolute Gasteiger partial charge is 0.424 e. The number of carbonyl (C=O) groups excluding carboxylic acids is 1. The number of nitrogens with zero attached hydrogens (tertiary/aromatic N) is 3. The first-order chi connectivity index (χ1) is 16.7. The summed E-state index contributed by atoms with van der Waals surface area (Å²) in [5.74, 6) is -4.14. The van der Waals surface area contributed by atoms with Gasteiger partial charge in [-0.05, 0) is 24.3 Å². The van der Waals surface area contributed by atoms with Gasteiger partial charge in [0.15, 0.2) is 11.5 Å². The van der Waals surface area contributed by atoms with Crippen molar-refractivity contribution in [1.82, 2.24) is 10.2 Å². The summed E-state index contributed by atoms with van der Waals surface area (Å²) < 4.78 is 90.2. The maximum atomic E-state index is 13.9. The van der Waals surface area contributed by atoms with E-state index in [1.165, 1.54) is 11.0 Å². The Balaban J connectivity index is 1.47. The first-order valence-electron chi connectivity index (χ1n) is 10.1. The highest BCUT2D eigenvalue weighted by Gasteiger charge is 2.66. The van der Waals surface area contributed by atoms with E-state index in [-0.39, 0.29) is 48.4 Å². The van der Waals surface area contributed by atoms with E-state index in [2.05, 4.69) is 0 Å². The number of hydrogen-bond acceptors (Lipinski definition) is 6. The fourth-order valence-electron chi connectivity index (χ4n) is 3.70. The van der Waals surface area contributed by atoms with Crippen LogP contribution in [0.25, 0.3) is 0 Å². The minimum atomic E-state index is -5.20. The zero-order chi connectivity index (χ0) is 26.5. The van der Waals surface area contributed by atoms with E-state index in [0.717, 1.165) is 23.1 Å². The van der Waals surface area contributed by atoms with Gasteiger partial charge in [-0.3, -0.25) is 15.4 Å². The van der Waals surface area contributed by atoms with E-state index in [1.54, 1.807) is 5.32 Å². The third kappa shape index (κ3) is 4.74. The summed E-state index contributed by atoms with van der Waals surface area (Å²) in [6.07, 6.45) is -9.99. The molecule has 1 saturated heterocycles. The Hall–Kier alpha value is -3.62. The van der Waals surface area contributed by atoms with Crippen molar-refractivity contribution < 1.29 is 45.5 Å². The lowest BCUT2D eigenvalue weighted by Gasteiger charge is -2.37. The zero-order valence-corrected chi connectivity index (χ0v) is 18.6. The third-order valence-electron chi connectivity index (χ3n) is 5.46. The van der Waals surface area contributed by atoms with Gasteiger partial charge in [0, 0.05) is 43.3 Å². The van der Waals surface area contributed by atoms with Crippen LogP contribution in [0.4, 0.5) is 42.5 Å². The van der Waals surface area contributed by atoms with Crippen molar-refractivity contribution in [2.24, 2.45) is 0 Å². The largest absolute Gasteiger partial charge is 0.492 e. The Bertz CT molecular complexity index is 1200. The summed E-state index contributed by atoms with van der Waals surface area (Å²) in [6.45, 7) is -0.597. The number of nitro groups is 1. The molecular weight excluding hydrogens is 526 g/mol. The van der Waals surface area contributed by atoms with Gasteiger partial charge in [0.05, 0.1) is 10.5 Å². The van der Waals surface area contributed by atoms with Crippen LogP contribution < -0.4 is 19.7 Å². The maximum absolute atomic E-state index is 13.9. The normalized spacial score (nSPS) is 19.9. The Labute approximate surface area is 203 Å². The predicted octanol–water partition coefficient (Wildman–Crippen LogP) is 4.79. The molecule has 2 amide bonds. The van der Waals surface area contributed by atoms with Crippen LogP contribution in [-0.2, 0) is 6.18 Å². The van der Waals surface area contributed by atoms with Crippen molar-refractivity contribution in [2.75, 3.05) is 31.1 Å². The van der Waals surface area contributed by atoms with E-state index in [1.807, 2.05) is 0 Å². The van der Waals surface area contributed by atoms with Gasteiger partial charge in [-0.2, -0.15) is 26.3 Å². The van der Waals surface area contributed by atoms with Crippen LogP contribution in [0.1, 0.15) is 5.56 Å². The number of amides is 2. The van der Waals surface area contributed by atoms with Gasteiger partial charge in [-0.1, -0.05) is 11.6 Å². The van der Waals surface area contributed by atoms with Crippen LogP contribution in [-0.4, -0.2) is 54.1 Å². The molecule has 0 aliphatic carbocycles. The highest BCUT2D eigenvalue weighted by atomic mass is 35.5. The van der Waals surface area contributed by atoms with Crippen molar-refractivity contribution in [3.8, 4) is 11.5 Å². The lowest BCUT2D eigenvalue weighted by molar-refractivity contribution is -0.384. The van der Waals surface area contributed by atoms with E-state index < -0.39 is 40.5 Å². The number of rotatable bonds is 3. The average Bonchev–Trinajstić information content (AvgIpc) is 3.16. The molecular formula is C20H15ClF6N4O5. The topological polar surface area (TPSA) is 97.2 Å². The van der Waals surface area contributed by atoms with Crippen molar-refractivity contribution in [2.45, 2.75) is 18.3 Å². The zero-order valence-electron chi connectivity index (χ0n) is 17.8. The summed E-state index contributed by atoms with van der Waals surface area (Å²) >= 11 is 5.77. The number of urea groups is 1. The monoisotopic (exact) mass is 540 g/mol. The van der Waals surface area contributed by atoms with E-state index in [4.69, 9.17) is 21.1 Å². The molecule has 0 unspecified atom stereocenters. The maximum Gasteiger partial charge on any atom is 0.492 e. The summed E-state index contributed by atoms with van der Waals surface area (Å²) in [4.78, 5) is 25.4. The molecule has 0 radical (unpaired) electrons. The van der Waals surface area contributed by atoms with Crippen LogP contribution in [0.15, 0.2) is 36.4 Å². The Morgan fingerprint density at radius 2 is 1.64 bits per heavy atom. The van der Waals surface area contributed by atoms with Crippen molar-refractivity contribution in [1.29, 1.82) is 0 Å². The van der Waals surface area contributed by atoms with E-state index >= 15 is 0 Å². The molecule has 2 aromatic carbocycles. The van der Waals surface area contributed by atoms with Gasteiger partial charge in [0.25, 0.3) is 5.69 Å². The lowest BCUT2D eigenvalue weighted by Crippen LogP contribution is -2.67. The fraction of sp³-hybridized carbons (Fsp3) is 0.350. The van der Waals surface area contributed by atoms with Crippen molar-refractivity contribution in [3.05, 3.63) is 57.1 Å². The molecule has 1 atom stereocenters. The summed E-state index contributed by atoms with van der Waals surface area (Å²) in [5, 5.41) is 13.1. The van der Waals surface area contributed by atoms with Gasteiger partial charge >= 0.3 is 24.3 Å². The Morgan fingerprint density at radius 3 is 2.22 bits per heavy atom. The number of fused-ring (bicyclic) bond motifs is 1. The molecule has 2 aromatic rings. The minimum absolute atomic E-state index is 0.0788. The van der Waals surface area contributed by atoms with Crippen LogP contribution in [0.3, 0.4) is 0 Å². The van der Waals surface area contributed by atoms with Gasteiger partial charge in [-0.25, -0.2) is 4.79 Å². The number of carbonyl (C=O) groups is 1. The third-order valence-corrected chi connectivity index (χ3v) is 5.70. The molecule has 36 heavy (non-hydrogen) atoms. The molecule has 2 heterocycles. The number of hydrogen-bond donors (Lipinski definition) is 1. The average molecular weight is 541 g/mol. The number of ether oxygens (including phenoxy) is 2. The molecule has 0 bridgehead atoms. The molecule has 194 valence electrons. The quantitative estimate of drug-likeness (QED) is 0.342. The summed E-state index contributed by atoms with van der Waals surface area (Å²) in [5.41, 5.74) is -2.11. The van der Waals surface area contributed by atoms with E-state index in [9.17, 15) is 41.3 Å². The molecule has 2 aliphatic heterocycles. The number of benzene rings is 2.